The number of nitrogens with zero attached hydrogens (tertiary/aromatic N) is 2. The fourth-order valence-corrected chi connectivity index (χ4v) is 3.17. The second-order valence-electron chi connectivity index (χ2n) is 6.70. The van der Waals surface area contributed by atoms with Crippen LogP contribution in [0.1, 0.15) is 11.1 Å². The standard InChI is InChI=1S/C21H20N4O3/c1-13-3-8-17-16(9-13)19-20(24-17)21(27)25(12-23-19)11-18(26)22-10-14-4-6-15(28-2)7-5-14/h3-9,12,24H,10-11H2,1-2H3,(H,22,26). The molecular formula is C21H20N4O3. The fourth-order valence-electron chi connectivity index (χ4n) is 3.17. The quantitative estimate of drug-likeness (QED) is 0.560. The minimum Gasteiger partial charge on any atom is -0.497 e. The Labute approximate surface area is 161 Å². The molecule has 1 amide bonds. The number of carbonyl (C=O) groups is 1. The van der Waals surface area contributed by atoms with Gasteiger partial charge in [-0.3, -0.25) is 14.2 Å². The van der Waals surface area contributed by atoms with Gasteiger partial charge in [-0.1, -0.05) is 23.8 Å². The van der Waals surface area contributed by atoms with Gasteiger partial charge in [0, 0.05) is 17.4 Å². The van der Waals surface area contributed by atoms with Gasteiger partial charge in [-0.15, -0.1) is 0 Å². The van der Waals surface area contributed by atoms with Crippen LogP contribution in [0.4, 0.5) is 0 Å². The molecule has 0 saturated heterocycles. The number of methoxy groups -OCH3 is 1. The van der Waals surface area contributed by atoms with Gasteiger partial charge in [0.15, 0.2) is 0 Å². The van der Waals surface area contributed by atoms with Gasteiger partial charge < -0.3 is 15.0 Å². The lowest BCUT2D eigenvalue weighted by Crippen LogP contribution is -2.32. The number of amides is 1. The summed E-state index contributed by atoms with van der Waals surface area (Å²) < 4.78 is 6.43. The third-order valence-electron chi connectivity index (χ3n) is 4.69. The maximum atomic E-state index is 12.8. The van der Waals surface area contributed by atoms with Crippen molar-refractivity contribution in [2.24, 2.45) is 0 Å². The molecule has 7 heteroatoms. The Morgan fingerprint density at radius 1 is 1.21 bits per heavy atom. The van der Waals surface area contributed by atoms with E-state index in [9.17, 15) is 9.59 Å². The van der Waals surface area contributed by atoms with Crippen molar-refractivity contribution in [3.63, 3.8) is 0 Å². The molecule has 4 aromatic rings. The molecule has 0 saturated carbocycles. The van der Waals surface area contributed by atoms with Crippen LogP contribution in [0, 0.1) is 6.92 Å². The summed E-state index contributed by atoms with van der Waals surface area (Å²) in [6, 6.07) is 13.3. The van der Waals surface area contributed by atoms with Crippen molar-refractivity contribution >= 4 is 27.8 Å². The van der Waals surface area contributed by atoms with Crippen molar-refractivity contribution < 1.29 is 9.53 Å². The first-order valence-electron chi connectivity index (χ1n) is 8.92. The Morgan fingerprint density at radius 3 is 2.75 bits per heavy atom. The highest BCUT2D eigenvalue weighted by molar-refractivity contribution is 6.04. The third kappa shape index (κ3) is 3.34. The van der Waals surface area contributed by atoms with Crippen molar-refractivity contribution in [3.8, 4) is 5.75 Å². The fraction of sp³-hybridized carbons (Fsp3) is 0.190. The zero-order valence-corrected chi connectivity index (χ0v) is 15.7. The van der Waals surface area contributed by atoms with Crippen LogP contribution in [0.15, 0.2) is 53.6 Å². The minimum atomic E-state index is -0.265. The first-order valence-corrected chi connectivity index (χ1v) is 8.92. The molecule has 0 bridgehead atoms. The van der Waals surface area contributed by atoms with E-state index in [1.54, 1.807) is 7.11 Å². The number of aromatic nitrogens is 3. The van der Waals surface area contributed by atoms with Crippen molar-refractivity contribution in [2.75, 3.05) is 7.11 Å². The van der Waals surface area contributed by atoms with Crippen LogP contribution >= 0.6 is 0 Å². The number of hydrogen-bond acceptors (Lipinski definition) is 4. The predicted octanol–water partition coefficient (Wildman–Crippen LogP) is 2.51. The van der Waals surface area contributed by atoms with Gasteiger partial charge in [-0.25, -0.2) is 4.98 Å². The Bertz CT molecular complexity index is 1220. The zero-order chi connectivity index (χ0) is 19.7. The van der Waals surface area contributed by atoms with Crippen LogP contribution in [0.25, 0.3) is 21.9 Å². The molecule has 0 atom stereocenters. The number of benzene rings is 2. The normalized spacial score (nSPS) is 11.1. The number of carbonyl (C=O) groups excluding carboxylic acids is 1. The molecule has 142 valence electrons. The maximum Gasteiger partial charge on any atom is 0.278 e. The van der Waals surface area contributed by atoms with Gasteiger partial charge in [-0.2, -0.15) is 0 Å². The second kappa shape index (κ2) is 7.19. The summed E-state index contributed by atoms with van der Waals surface area (Å²) in [7, 11) is 1.60. The Balaban J connectivity index is 1.52. The molecule has 7 nitrogen and oxygen atoms in total. The maximum absolute atomic E-state index is 12.8. The molecule has 0 unspecified atom stereocenters. The smallest absolute Gasteiger partial charge is 0.278 e. The largest absolute Gasteiger partial charge is 0.497 e. The van der Waals surface area contributed by atoms with Gasteiger partial charge >= 0.3 is 0 Å². The average molecular weight is 376 g/mol. The molecule has 28 heavy (non-hydrogen) atoms. The SMILES string of the molecule is COc1ccc(CNC(=O)Cn2cnc3c([nH]c4ccc(C)cc43)c2=O)cc1. The monoisotopic (exact) mass is 376 g/mol. The van der Waals surface area contributed by atoms with Crippen molar-refractivity contribution in [1.29, 1.82) is 0 Å². The van der Waals surface area contributed by atoms with Crippen LogP contribution in [0.5, 0.6) is 5.75 Å². The van der Waals surface area contributed by atoms with E-state index in [0.29, 0.717) is 17.6 Å². The van der Waals surface area contributed by atoms with E-state index in [4.69, 9.17) is 4.74 Å². The molecule has 2 N–H and O–H groups in total. The van der Waals surface area contributed by atoms with E-state index in [1.165, 1.54) is 10.9 Å². The number of fused-ring (bicyclic) bond motifs is 3. The van der Waals surface area contributed by atoms with Crippen LogP contribution in [-0.4, -0.2) is 27.6 Å². The summed E-state index contributed by atoms with van der Waals surface area (Å²) in [6.45, 7) is 2.28. The van der Waals surface area contributed by atoms with Crippen molar-refractivity contribution in [1.82, 2.24) is 19.9 Å². The summed E-state index contributed by atoms with van der Waals surface area (Å²) in [6.07, 6.45) is 1.42. The third-order valence-corrected chi connectivity index (χ3v) is 4.69. The Morgan fingerprint density at radius 2 is 2.00 bits per heavy atom. The van der Waals surface area contributed by atoms with E-state index in [2.05, 4.69) is 15.3 Å². The van der Waals surface area contributed by atoms with Crippen LogP contribution in [0.2, 0.25) is 0 Å². The summed E-state index contributed by atoms with van der Waals surface area (Å²) in [5.41, 5.74) is 3.66. The van der Waals surface area contributed by atoms with E-state index >= 15 is 0 Å². The highest BCUT2D eigenvalue weighted by Crippen LogP contribution is 2.22. The lowest BCUT2D eigenvalue weighted by molar-refractivity contribution is -0.121. The number of hydrogen-bond donors (Lipinski definition) is 2. The first-order chi connectivity index (χ1) is 13.5. The highest BCUT2D eigenvalue weighted by atomic mass is 16.5. The molecule has 0 radical (unpaired) electrons. The van der Waals surface area contributed by atoms with Crippen LogP contribution in [0.3, 0.4) is 0 Å². The minimum absolute atomic E-state index is 0.0910. The molecule has 0 aliphatic carbocycles. The summed E-state index contributed by atoms with van der Waals surface area (Å²) in [5.74, 6) is 0.501. The lowest BCUT2D eigenvalue weighted by Gasteiger charge is -2.08. The summed E-state index contributed by atoms with van der Waals surface area (Å²) in [5, 5.41) is 3.72. The van der Waals surface area contributed by atoms with Crippen molar-refractivity contribution in [3.05, 3.63) is 70.3 Å². The molecule has 0 aliphatic rings. The molecule has 0 fully saturated rings. The van der Waals surface area contributed by atoms with Crippen LogP contribution < -0.4 is 15.6 Å². The lowest BCUT2D eigenvalue weighted by atomic mass is 10.2. The van der Waals surface area contributed by atoms with Crippen molar-refractivity contribution in [2.45, 2.75) is 20.0 Å². The highest BCUT2D eigenvalue weighted by Gasteiger charge is 2.12. The molecule has 0 spiro atoms. The molecular weight excluding hydrogens is 356 g/mol. The molecule has 2 heterocycles. The Kier molecular flexibility index (Phi) is 4.57. The molecule has 2 aromatic heterocycles. The van der Waals surface area contributed by atoms with Gasteiger partial charge in [0.2, 0.25) is 5.91 Å². The number of aryl methyl sites for hydroxylation is 1. The summed E-state index contributed by atoms with van der Waals surface area (Å²) in [4.78, 5) is 32.6. The van der Waals surface area contributed by atoms with E-state index in [1.807, 2.05) is 49.4 Å². The van der Waals surface area contributed by atoms with E-state index in [-0.39, 0.29) is 18.0 Å². The number of rotatable bonds is 5. The summed E-state index contributed by atoms with van der Waals surface area (Å²) >= 11 is 0. The van der Waals surface area contributed by atoms with Gasteiger partial charge in [0.1, 0.15) is 23.3 Å². The zero-order valence-electron chi connectivity index (χ0n) is 15.7. The average Bonchev–Trinajstić information content (AvgIpc) is 3.07. The predicted molar refractivity (Wildman–Crippen MR) is 107 cm³/mol. The van der Waals surface area contributed by atoms with E-state index < -0.39 is 0 Å². The number of ether oxygens (including phenoxy) is 1. The first kappa shape index (κ1) is 17.8. The molecule has 4 rings (SSSR count). The Hall–Kier alpha value is -3.61. The number of aromatic amines is 1. The van der Waals surface area contributed by atoms with E-state index in [0.717, 1.165) is 27.8 Å². The van der Waals surface area contributed by atoms with Gasteiger partial charge in [0.05, 0.1) is 13.4 Å². The van der Waals surface area contributed by atoms with Gasteiger partial charge in [-0.05, 0) is 36.8 Å². The van der Waals surface area contributed by atoms with Crippen LogP contribution in [-0.2, 0) is 17.9 Å². The number of H-pyrrole nitrogens is 1. The van der Waals surface area contributed by atoms with Gasteiger partial charge in [0.25, 0.3) is 5.56 Å². The number of nitrogens with one attached hydrogen (secondary N) is 2. The topological polar surface area (TPSA) is 89.0 Å². The molecule has 0 aliphatic heterocycles. The molecule has 2 aromatic carbocycles. The second-order valence-corrected chi connectivity index (χ2v) is 6.70.